The highest BCUT2D eigenvalue weighted by Gasteiger charge is 2.25. The summed E-state index contributed by atoms with van der Waals surface area (Å²) in [5.74, 6) is 1.32. The Hall–Kier alpha value is -1.55. The second-order valence-electron chi connectivity index (χ2n) is 6.30. The van der Waals surface area contributed by atoms with Crippen LogP contribution >= 0.6 is 0 Å². The van der Waals surface area contributed by atoms with Gasteiger partial charge in [0, 0.05) is 6.04 Å². The van der Waals surface area contributed by atoms with Crippen molar-refractivity contribution < 1.29 is 9.53 Å². The summed E-state index contributed by atoms with van der Waals surface area (Å²) in [6.45, 7) is 5.20. The van der Waals surface area contributed by atoms with Crippen LogP contribution in [0.15, 0.2) is 18.2 Å². The van der Waals surface area contributed by atoms with Crippen LogP contribution in [0.2, 0.25) is 0 Å². The molecule has 1 aromatic carbocycles. The number of hydrogen-bond donors (Lipinski definition) is 2. The quantitative estimate of drug-likeness (QED) is 0.849. The summed E-state index contributed by atoms with van der Waals surface area (Å²) in [6, 6.07) is 6.25. The molecule has 2 rings (SSSR count). The van der Waals surface area contributed by atoms with E-state index in [-0.39, 0.29) is 11.9 Å². The number of aryl methyl sites for hydroxylation is 2. The summed E-state index contributed by atoms with van der Waals surface area (Å²) in [6.07, 6.45) is 4.97. The van der Waals surface area contributed by atoms with Gasteiger partial charge in [-0.1, -0.05) is 18.9 Å². The van der Waals surface area contributed by atoms with Crippen molar-refractivity contribution in [2.24, 2.45) is 11.7 Å². The van der Waals surface area contributed by atoms with Gasteiger partial charge in [-0.3, -0.25) is 4.79 Å². The number of carbonyl (C=O) groups excluding carboxylic acids is 1. The van der Waals surface area contributed by atoms with E-state index in [0.717, 1.165) is 18.6 Å². The summed E-state index contributed by atoms with van der Waals surface area (Å²) >= 11 is 0. The standard InChI is InChI=1S/C18H28N2O2/c1-13-7-8-16(11-14(13)2)22-10-9-18(21)20-17-6-4-3-5-15(17)12-19/h7-8,11,15,17H,3-6,9-10,12,19H2,1-2H3,(H,20,21). The molecule has 1 aromatic rings. The molecule has 4 heteroatoms. The minimum Gasteiger partial charge on any atom is -0.493 e. The minimum atomic E-state index is 0.0641. The molecule has 1 aliphatic carbocycles. The highest BCUT2D eigenvalue weighted by Crippen LogP contribution is 2.23. The first-order chi connectivity index (χ1) is 10.6. The van der Waals surface area contributed by atoms with Gasteiger partial charge in [0.2, 0.25) is 5.91 Å². The van der Waals surface area contributed by atoms with Crippen LogP contribution in [-0.4, -0.2) is 25.1 Å². The molecule has 0 spiro atoms. The molecule has 1 fully saturated rings. The summed E-state index contributed by atoms with van der Waals surface area (Å²) in [4.78, 5) is 12.1. The molecule has 0 radical (unpaired) electrons. The smallest absolute Gasteiger partial charge is 0.223 e. The molecule has 0 aliphatic heterocycles. The summed E-state index contributed by atoms with van der Waals surface area (Å²) < 4.78 is 5.67. The molecule has 2 atom stereocenters. The van der Waals surface area contributed by atoms with Gasteiger partial charge in [-0.15, -0.1) is 0 Å². The van der Waals surface area contributed by atoms with Crippen molar-refractivity contribution in [3.8, 4) is 5.75 Å². The van der Waals surface area contributed by atoms with E-state index in [4.69, 9.17) is 10.5 Å². The fourth-order valence-electron chi connectivity index (χ4n) is 3.02. The topological polar surface area (TPSA) is 64.3 Å². The number of carbonyl (C=O) groups is 1. The van der Waals surface area contributed by atoms with Gasteiger partial charge in [-0.05, 0) is 62.4 Å². The van der Waals surface area contributed by atoms with E-state index in [9.17, 15) is 4.79 Å². The van der Waals surface area contributed by atoms with E-state index < -0.39 is 0 Å². The zero-order chi connectivity index (χ0) is 15.9. The highest BCUT2D eigenvalue weighted by molar-refractivity contribution is 5.76. The number of nitrogens with one attached hydrogen (secondary N) is 1. The molecule has 0 aromatic heterocycles. The number of amides is 1. The van der Waals surface area contributed by atoms with Gasteiger partial charge >= 0.3 is 0 Å². The lowest BCUT2D eigenvalue weighted by atomic mass is 9.84. The van der Waals surface area contributed by atoms with Crippen LogP contribution in [0.5, 0.6) is 5.75 Å². The zero-order valence-corrected chi connectivity index (χ0v) is 13.7. The van der Waals surface area contributed by atoms with Gasteiger partial charge in [0.25, 0.3) is 0 Å². The lowest BCUT2D eigenvalue weighted by molar-refractivity contribution is -0.122. The molecule has 1 amide bonds. The van der Waals surface area contributed by atoms with Gasteiger partial charge in [-0.25, -0.2) is 0 Å². The average molecular weight is 304 g/mol. The molecule has 1 saturated carbocycles. The fraction of sp³-hybridized carbons (Fsp3) is 0.611. The lowest BCUT2D eigenvalue weighted by Crippen LogP contribution is -2.45. The van der Waals surface area contributed by atoms with Gasteiger partial charge < -0.3 is 15.8 Å². The molecule has 0 saturated heterocycles. The minimum absolute atomic E-state index is 0.0641. The van der Waals surface area contributed by atoms with Crippen molar-refractivity contribution in [2.75, 3.05) is 13.2 Å². The summed E-state index contributed by atoms with van der Waals surface area (Å²) in [5.41, 5.74) is 8.25. The lowest BCUT2D eigenvalue weighted by Gasteiger charge is -2.31. The van der Waals surface area contributed by atoms with Crippen molar-refractivity contribution >= 4 is 5.91 Å². The monoisotopic (exact) mass is 304 g/mol. The van der Waals surface area contributed by atoms with Gasteiger partial charge in [0.05, 0.1) is 13.0 Å². The molecule has 0 bridgehead atoms. The Labute approximate surface area is 133 Å². The van der Waals surface area contributed by atoms with E-state index >= 15 is 0 Å². The summed E-state index contributed by atoms with van der Waals surface area (Å²) in [5, 5.41) is 3.13. The maximum absolute atomic E-state index is 12.1. The first kappa shape index (κ1) is 16.8. The third kappa shape index (κ3) is 4.73. The van der Waals surface area contributed by atoms with Crippen LogP contribution < -0.4 is 15.8 Å². The largest absolute Gasteiger partial charge is 0.493 e. The molecule has 3 N–H and O–H groups in total. The van der Waals surface area contributed by atoms with E-state index in [1.54, 1.807) is 0 Å². The Morgan fingerprint density at radius 3 is 2.77 bits per heavy atom. The Morgan fingerprint density at radius 1 is 1.27 bits per heavy atom. The Morgan fingerprint density at radius 2 is 2.05 bits per heavy atom. The van der Waals surface area contributed by atoms with Crippen molar-refractivity contribution in [1.82, 2.24) is 5.32 Å². The van der Waals surface area contributed by atoms with Crippen molar-refractivity contribution in [2.45, 2.75) is 52.0 Å². The second-order valence-corrected chi connectivity index (χ2v) is 6.30. The molecule has 2 unspecified atom stereocenters. The van der Waals surface area contributed by atoms with E-state index in [2.05, 4.69) is 19.2 Å². The van der Waals surface area contributed by atoms with Crippen LogP contribution in [0.4, 0.5) is 0 Å². The molecular weight excluding hydrogens is 276 g/mol. The number of nitrogens with two attached hydrogens (primary N) is 1. The van der Waals surface area contributed by atoms with Gasteiger partial charge in [-0.2, -0.15) is 0 Å². The van der Waals surface area contributed by atoms with Crippen LogP contribution in [0, 0.1) is 19.8 Å². The van der Waals surface area contributed by atoms with Crippen LogP contribution in [0.3, 0.4) is 0 Å². The van der Waals surface area contributed by atoms with Crippen LogP contribution in [0.1, 0.15) is 43.2 Å². The van der Waals surface area contributed by atoms with Crippen LogP contribution in [0.25, 0.3) is 0 Å². The number of rotatable bonds is 6. The van der Waals surface area contributed by atoms with E-state index in [1.165, 1.54) is 24.0 Å². The first-order valence-corrected chi connectivity index (χ1v) is 8.29. The predicted molar refractivity (Wildman–Crippen MR) is 89.0 cm³/mol. The molecule has 22 heavy (non-hydrogen) atoms. The fourth-order valence-corrected chi connectivity index (χ4v) is 3.02. The van der Waals surface area contributed by atoms with E-state index in [0.29, 0.717) is 25.5 Å². The first-order valence-electron chi connectivity index (χ1n) is 8.29. The number of benzene rings is 1. The Bertz CT molecular complexity index is 502. The summed E-state index contributed by atoms with van der Waals surface area (Å²) in [7, 11) is 0. The van der Waals surface area contributed by atoms with Crippen LogP contribution in [-0.2, 0) is 4.79 Å². The Kier molecular flexibility index (Phi) is 6.25. The highest BCUT2D eigenvalue weighted by atomic mass is 16.5. The van der Waals surface area contributed by atoms with Crippen molar-refractivity contribution in [3.63, 3.8) is 0 Å². The Balaban J connectivity index is 1.74. The maximum Gasteiger partial charge on any atom is 0.223 e. The van der Waals surface area contributed by atoms with Gasteiger partial charge in [0.1, 0.15) is 5.75 Å². The normalized spacial score (nSPS) is 21.4. The predicted octanol–water partition coefficient (Wildman–Crippen LogP) is 2.71. The molecule has 1 aliphatic rings. The SMILES string of the molecule is Cc1ccc(OCCC(=O)NC2CCCCC2CN)cc1C. The maximum atomic E-state index is 12.1. The third-order valence-corrected chi connectivity index (χ3v) is 4.63. The third-order valence-electron chi connectivity index (χ3n) is 4.63. The number of hydrogen-bond acceptors (Lipinski definition) is 3. The van der Waals surface area contributed by atoms with Gasteiger partial charge in [0.15, 0.2) is 0 Å². The molecule has 122 valence electrons. The molecule has 4 nitrogen and oxygen atoms in total. The van der Waals surface area contributed by atoms with E-state index in [1.807, 2.05) is 18.2 Å². The number of ether oxygens (including phenoxy) is 1. The zero-order valence-electron chi connectivity index (χ0n) is 13.7. The average Bonchev–Trinajstić information content (AvgIpc) is 2.51. The second kappa shape index (κ2) is 8.18. The van der Waals surface area contributed by atoms with Crippen molar-refractivity contribution in [3.05, 3.63) is 29.3 Å². The molecule has 0 heterocycles. The molecular formula is C18H28N2O2. The van der Waals surface area contributed by atoms with Crippen molar-refractivity contribution in [1.29, 1.82) is 0 Å².